The number of barbiturate groups is 1. The normalized spacial score (nSPS) is 20.1. The summed E-state index contributed by atoms with van der Waals surface area (Å²) in [5.41, 5.74) is 1.09. The molecule has 1 atom stereocenters. The molecule has 102 valence electrons. The lowest BCUT2D eigenvalue weighted by molar-refractivity contribution is -0.144. The van der Waals surface area contributed by atoms with Crippen molar-refractivity contribution in [3.05, 3.63) is 22.4 Å². The van der Waals surface area contributed by atoms with Gasteiger partial charge in [-0.05, 0) is 34.7 Å². The van der Waals surface area contributed by atoms with E-state index in [-0.39, 0.29) is 11.8 Å². The van der Waals surface area contributed by atoms with E-state index in [0.29, 0.717) is 13.0 Å². The fourth-order valence-electron chi connectivity index (χ4n) is 2.11. The third kappa shape index (κ3) is 2.84. The highest BCUT2D eigenvalue weighted by atomic mass is 32.1. The predicted molar refractivity (Wildman–Crippen MR) is 71.6 cm³/mol. The molecule has 5 nitrogen and oxygen atoms in total. The van der Waals surface area contributed by atoms with Crippen molar-refractivity contribution in [2.45, 2.75) is 20.3 Å². The molecule has 0 spiro atoms. The molecule has 1 aromatic rings. The minimum Gasteiger partial charge on any atom is -0.277 e. The summed E-state index contributed by atoms with van der Waals surface area (Å²) in [6.07, 6.45) is 0.613. The van der Waals surface area contributed by atoms with Crippen LogP contribution in [0.3, 0.4) is 0 Å². The number of amides is 4. The summed E-state index contributed by atoms with van der Waals surface area (Å²) in [5, 5.41) is 6.19. The van der Waals surface area contributed by atoms with Gasteiger partial charge in [-0.2, -0.15) is 11.3 Å². The zero-order valence-electron chi connectivity index (χ0n) is 10.9. The average molecular weight is 280 g/mol. The first kappa shape index (κ1) is 13.7. The maximum Gasteiger partial charge on any atom is 0.330 e. The van der Waals surface area contributed by atoms with E-state index in [4.69, 9.17) is 0 Å². The molecule has 0 aromatic carbocycles. The number of hydrogen-bond donors (Lipinski definition) is 1. The standard InChI is InChI=1S/C13H16N2O3S/c1-8(2)10-11(16)14-13(18)15(12(10)17)5-3-9-4-6-19-7-9/h4,6-8,10H,3,5H2,1-2H3,(H,14,16,18). The molecule has 2 heterocycles. The molecular weight excluding hydrogens is 264 g/mol. The van der Waals surface area contributed by atoms with Gasteiger partial charge in [0, 0.05) is 6.54 Å². The molecule has 19 heavy (non-hydrogen) atoms. The molecule has 4 amide bonds. The third-order valence-corrected chi connectivity index (χ3v) is 3.89. The van der Waals surface area contributed by atoms with Gasteiger partial charge >= 0.3 is 6.03 Å². The summed E-state index contributed by atoms with van der Waals surface area (Å²) in [6.45, 7) is 3.90. The molecule has 0 bridgehead atoms. The first-order valence-corrected chi connectivity index (χ1v) is 7.12. The molecule has 1 saturated heterocycles. The average Bonchev–Trinajstić information content (AvgIpc) is 2.80. The maximum atomic E-state index is 12.2. The van der Waals surface area contributed by atoms with Crippen molar-refractivity contribution in [3.63, 3.8) is 0 Å². The fraction of sp³-hybridized carbons (Fsp3) is 0.462. The largest absolute Gasteiger partial charge is 0.330 e. The minimum absolute atomic E-state index is 0.121. The van der Waals surface area contributed by atoms with Gasteiger partial charge in [0.15, 0.2) is 0 Å². The summed E-state index contributed by atoms with van der Waals surface area (Å²) in [4.78, 5) is 36.7. The lowest BCUT2D eigenvalue weighted by Crippen LogP contribution is -2.59. The van der Waals surface area contributed by atoms with Gasteiger partial charge in [-0.25, -0.2) is 4.79 Å². The van der Waals surface area contributed by atoms with E-state index in [2.05, 4.69) is 5.32 Å². The van der Waals surface area contributed by atoms with E-state index in [9.17, 15) is 14.4 Å². The van der Waals surface area contributed by atoms with E-state index in [0.717, 1.165) is 10.5 Å². The van der Waals surface area contributed by atoms with Crippen LogP contribution >= 0.6 is 11.3 Å². The van der Waals surface area contributed by atoms with Gasteiger partial charge in [-0.3, -0.25) is 19.8 Å². The number of carbonyl (C=O) groups excluding carboxylic acids is 3. The Morgan fingerprint density at radius 3 is 2.68 bits per heavy atom. The first-order chi connectivity index (χ1) is 9.00. The van der Waals surface area contributed by atoms with Crippen LogP contribution in [0.15, 0.2) is 16.8 Å². The van der Waals surface area contributed by atoms with Crippen molar-refractivity contribution in [2.24, 2.45) is 11.8 Å². The minimum atomic E-state index is -0.764. The van der Waals surface area contributed by atoms with E-state index >= 15 is 0 Å². The molecule has 1 unspecified atom stereocenters. The number of nitrogens with one attached hydrogen (secondary N) is 1. The number of urea groups is 1. The van der Waals surface area contributed by atoms with Gasteiger partial charge in [0.25, 0.3) is 0 Å². The van der Waals surface area contributed by atoms with Crippen molar-refractivity contribution in [1.82, 2.24) is 10.2 Å². The molecular formula is C13H16N2O3S. The number of hydrogen-bond acceptors (Lipinski definition) is 4. The van der Waals surface area contributed by atoms with Crippen LogP contribution in [0.4, 0.5) is 4.79 Å². The van der Waals surface area contributed by atoms with E-state index in [1.807, 2.05) is 16.8 Å². The third-order valence-electron chi connectivity index (χ3n) is 3.16. The molecule has 1 aliphatic rings. The maximum absolute atomic E-state index is 12.2. The number of rotatable bonds is 4. The smallest absolute Gasteiger partial charge is 0.277 e. The lowest BCUT2D eigenvalue weighted by atomic mass is 9.92. The van der Waals surface area contributed by atoms with Crippen LogP contribution in [-0.2, 0) is 16.0 Å². The Kier molecular flexibility index (Phi) is 3.99. The van der Waals surface area contributed by atoms with E-state index < -0.39 is 17.9 Å². The molecule has 1 N–H and O–H groups in total. The fourth-order valence-corrected chi connectivity index (χ4v) is 2.81. The SMILES string of the molecule is CC(C)C1C(=O)NC(=O)N(CCc2ccsc2)C1=O. The Morgan fingerprint density at radius 2 is 2.11 bits per heavy atom. The summed E-state index contributed by atoms with van der Waals surface area (Å²) < 4.78 is 0. The second-order valence-electron chi connectivity index (χ2n) is 4.89. The Labute approximate surface area is 115 Å². The Balaban J connectivity index is 2.08. The van der Waals surface area contributed by atoms with Crippen LogP contribution in [0.5, 0.6) is 0 Å². The second-order valence-corrected chi connectivity index (χ2v) is 5.67. The second kappa shape index (κ2) is 5.52. The molecule has 6 heteroatoms. The van der Waals surface area contributed by atoms with Crippen LogP contribution in [-0.4, -0.2) is 29.3 Å². The van der Waals surface area contributed by atoms with Gasteiger partial charge in [0.05, 0.1) is 0 Å². The summed E-state index contributed by atoms with van der Waals surface area (Å²) >= 11 is 1.58. The molecule has 1 aliphatic heterocycles. The van der Waals surface area contributed by atoms with Crippen LogP contribution in [0, 0.1) is 11.8 Å². The monoisotopic (exact) mass is 280 g/mol. The summed E-state index contributed by atoms with van der Waals surface area (Å²) in [5.74, 6) is -1.76. The molecule has 0 saturated carbocycles. The highest BCUT2D eigenvalue weighted by molar-refractivity contribution is 7.07. The zero-order chi connectivity index (χ0) is 14.0. The van der Waals surface area contributed by atoms with Crippen molar-refractivity contribution in [2.75, 3.05) is 6.54 Å². The highest BCUT2D eigenvalue weighted by Gasteiger charge is 2.41. The molecule has 0 radical (unpaired) electrons. The van der Waals surface area contributed by atoms with Crippen LogP contribution in [0.2, 0.25) is 0 Å². The lowest BCUT2D eigenvalue weighted by Gasteiger charge is -2.31. The van der Waals surface area contributed by atoms with Gasteiger partial charge in [0.1, 0.15) is 5.92 Å². The quantitative estimate of drug-likeness (QED) is 0.853. The van der Waals surface area contributed by atoms with Gasteiger partial charge in [0.2, 0.25) is 11.8 Å². The van der Waals surface area contributed by atoms with Gasteiger partial charge in [-0.1, -0.05) is 13.8 Å². The predicted octanol–water partition coefficient (Wildman–Crippen LogP) is 1.64. The number of thiophene rings is 1. The van der Waals surface area contributed by atoms with Crippen molar-refractivity contribution in [1.29, 1.82) is 0 Å². The number of imide groups is 2. The van der Waals surface area contributed by atoms with Crippen LogP contribution in [0.25, 0.3) is 0 Å². The van der Waals surface area contributed by atoms with Gasteiger partial charge in [-0.15, -0.1) is 0 Å². The van der Waals surface area contributed by atoms with Crippen molar-refractivity contribution < 1.29 is 14.4 Å². The van der Waals surface area contributed by atoms with Crippen molar-refractivity contribution in [3.8, 4) is 0 Å². The first-order valence-electron chi connectivity index (χ1n) is 6.18. The molecule has 0 aliphatic carbocycles. The Bertz CT molecular complexity index is 496. The molecule has 1 aromatic heterocycles. The topological polar surface area (TPSA) is 66.5 Å². The Hall–Kier alpha value is -1.69. The summed E-state index contributed by atoms with van der Waals surface area (Å²) in [6, 6.07) is 1.35. The van der Waals surface area contributed by atoms with E-state index in [1.165, 1.54) is 0 Å². The van der Waals surface area contributed by atoms with E-state index in [1.54, 1.807) is 25.2 Å². The zero-order valence-corrected chi connectivity index (χ0v) is 11.7. The van der Waals surface area contributed by atoms with Crippen molar-refractivity contribution >= 4 is 29.2 Å². The van der Waals surface area contributed by atoms with Crippen LogP contribution < -0.4 is 5.32 Å². The van der Waals surface area contributed by atoms with Gasteiger partial charge < -0.3 is 0 Å². The number of carbonyl (C=O) groups is 3. The highest BCUT2D eigenvalue weighted by Crippen LogP contribution is 2.19. The Morgan fingerprint density at radius 1 is 1.37 bits per heavy atom. The summed E-state index contributed by atoms with van der Waals surface area (Å²) in [7, 11) is 0. The molecule has 2 rings (SSSR count). The van der Waals surface area contributed by atoms with Crippen LogP contribution in [0.1, 0.15) is 19.4 Å². The number of nitrogens with zero attached hydrogens (tertiary/aromatic N) is 1. The molecule has 1 fully saturated rings.